The van der Waals surface area contributed by atoms with Crippen LogP contribution in [0.3, 0.4) is 0 Å². The summed E-state index contributed by atoms with van der Waals surface area (Å²) in [5.41, 5.74) is -1.30. The molecule has 1 saturated carbocycles. The van der Waals surface area contributed by atoms with Gasteiger partial charge in [-0.3, -0.25) is 14.4 Å². The quantitative estimate of drug-likeness (QED) is 0.503. The third kappa shape index (κ3) is 4.27. The van der Waals surface area contributed by atoms with Crippen molar-refractivity contribution in [1.82, 2.24) is 15.5 Å². The summed E-state index contributed by atoms with van der Waals surface area (Å²) in [6.07, 6.45) is 8.94. The fourth-order valence-corrected chi connectivity index (χ4v) is 7.58. The van der Waals surface area contributed by atoms with E-state index in [2.05, 4.69) is 10.6 Å². The number of hydrogen-bond acceptors (Lipinski definition) is 5. The number of rotatable bonds is 7. The molecule has 2 N–H and O–H groups in total. The molecule has 200 valence electrons. The van der Waals surface area contributed by atoms with E-state index in [4.69, 9.17) is 16.3 Å². The number of amides is 3. The Morgan fingerprint density at radius 3 is 2.58 bits per heavy atom. The number of halogens is 1. The van der Waals surface area contributed by atoms with Gasteiger partial charge in [-0.2, -0.15) is 0 Å². The first-order valence-electron chi connectivity index (χ1n) is 13.4. The Balaban J connectivity index is 1.33. The molecule has 4 aliphatic rings. The largest absolute Gasteiger partial charge is 0.356 e. The summed E-state index contributed by atoms with van der Waals surface area (Å²) in [4.78, 5) is 44.4. The lowest BCUT2D eigenvalue weighted by Gasteiger charge is -2.34. The van der Waals surface area contributed by atoms with Crippen LogP contribution in [0.5, 0.6) is 0 Å². The fraction of sp³-hybridized carbons (Fsp3) is 0.483. The van der Waals surface area contributed by atoms with E-state index in [1.54, 1.807) is 28.4 Å². The molecule has 0 unspecified atom stereocenters. The van der Waals surface area contributed by atoms with Crippen LogP contribution in [-0.4, -0.2) is 45.9 Å². The van der Waals surface area contributed by atoms with E-state index in [-0.39, 0.29) is 30.3 Å². The number of carbonyl (C=O) groups excluding carboxylic acids is 3. The first kappa shape index (κ1) is 25.6. The molecule has 1 aromatic heterocycles. The third-order valence-electron chi connectivity index (χ3n) is 8.56. The SMILES string of the molecule is C[C@@]12C=C[C@]3(O1)[C@H](C(=O)N(Cc1ccc(Cl)cc1)[C@@H]3C(=O)NC1CCCCC1)[C@@H]2C(=O)NCc1cccs1. The van der Waals surface area contributed by atoms with Crippen LogP contribution in [0.25, 0.3) is 0 Å². The van der Waals surface area contributed by atoms with Gasteiger partial charge >= 0.3 is 0 Å². The van der Waals surface area contributed by atoms with Gasteiger partial charge in [-0.15, -0.1) is 11.3 Å². The van der Waals surface area contributed by atoms with Crippen LogP contribution >= 0.6 is 22.9 Å². The minimum atomic E-state index is -1.19. The van der Waals surface area contributed by atoms with Gasteiger partial charge in [0.05, 0.1) is 24.0 Å². The van der Waals surface area contributed by atoms with Gasteiger partial charge in [-0.05, 0) is 48.9 Å². The first-order chi connectivity index (χ1) is 18.3. The molecule has 2 saturated heterocycles. The third-order valence-corrected chi connectivity index (χ3v) is 9.69. The van der Waals surface area contributed by atoms with Gasteiger partial charge < -0.3 is 20.3 Å². The van der Waals surface area contributed by atoms with Gasteiger partial charge in [0.25, 0.3) is 0 Å². The highest BCUT2D eigenvalue weighted by Crippen LogP contribution is 2.59. The Morgan fingerprint density at radius 1 is 1.11 bits per heavy atom. The van der Waals surface area contributed by atoms with Crippen molar-refractivity contribution in [3.05, 3.63) is 69.4 Å². The minimum Gasteiger partial charge on any atom is -0.356 e. The molecule has 9 heteroatoms. The van der Waals surface area contributed by atoms with Gasteiger partial charge in [-0.25, -0.2) is 0 Å². The number of ether oxygens (including phenoxy) is 1. The van der Waals surface area contributed by atoms with Crippen LogP contribution in [0.2, 0.25) is 5.02 Å². The summed E-state index contributed by atoms with van der Waals surface area (Å²) in [5, 5.41) is 8.81. The highest BCUT2D eigenvalue weighted by Gasteiger charge is 2.76. The Labute approximate surface area is 231 Å². The van der Waals surface area contributed by atoms with Crippen molar-refractivity contribution < 1.29 is 19.1 Å². The van der Waals surface area contributed by atoms with Crippen LogP contribution in [-0.2, 0) is 32.2 Å². The lowest BCUT2D eigenvalue weighted by molar-refractivity contribution is -0.145. The summed E-state index contributed by atoms with van der Waals surface area (Å²) >= 11 is 7.66. The summed E-state index contributed by atoms with van der Waals surface area (Å²) in [6, 6.07) is 10.4. The predicted octanol–water partition coefficient (Wildman–Crippen LogP) is 4.21. The summed E-state index contributed by atoms with van der Waals surface area (Å²) in [5.74, 6) is -2.19. The molecule has 1 spiro atoms. The topological polar surface area (TPSA) is 87.7 Å². The number of likely N-dealkylation sites (tertiary alicyclic amines) is 1. The molecule has 3 aliphatic heterocycles. The van der Waals surface area contributed by atoms with Crippen LogP contribution in [0, 0.1) is 11.8 Å². The number of nitrogens with zero attached hydrogens (tertiary/aromatic N) is 1. The zero-order chi connectivity index (χ0) is 26.5. The second-order valence-corrected chi connectivity index (χ2v) is 12.5. The number of fused-ring (bicyclic) bond motifs is 1. The average Bonchev–Trinajstić information content (AvgIpc) is 3.65. The van der Waals surface area contributed by atoms with Crippen LogP contribution in [0.15, 0.2) is 53.9 Å². The van der Waals surface area contributed by atoms with Gasteiger partial charge in [0.1, 0.15) is 11.6 Å². The van der Waals surface area contributed by atoms with Gasteiger partial charge in [0.15, 0.2) is 0 Å². The molecule has 38 heavy (non-hydrogen) atoms. The molecule has 6 rings (SSSR count). The maximum atomic E-state index is 14.2. The molecular weight excluding hydrogens is 522 g/mol. The van der Waals surface area contributed by atoms with Gasteiger partial charge in [0, 0.05) is 22.5 Å². The monoisotopic (exact) mass is 553 g/mol. The maximum absolute atomic E-state index is 14.2. The van der Waals surface area contributed by atoms with Crippen molar-refractivity contribution in [3.63, 3.8) is 0 Å². The zero-order valence-electron chi connectivity index (χ0n) is 21.3. The highest BCUT2D eigenvalue weighted by atomic mass is 35.5. The molecule has 2 bridgehead atoms. The molecule has 3 fully saturated rings. The number of thiophene rings is 1. The van der Waals surface area contributed by atoms with Crippen LogP contribution in [0.1, 0.15) is 49.5 Å². The van der Waals surface area contributed by atoms with Crippen LogP contribution in [0.4, 0.5) is 0 Å². The molecule has 3 amide bonds. The fourth-order valence-electron chi connectivity index (χ4n) is 6.81. The Hall–Kier alpha value is -2.68. The summed E-state index contributed by atoms with van der Waals surface area (Å²) in [7, 11) is 0. The minimum absolute atomic E-state index is 0.0854. The van der Waals surface area contributed by atoms with E-state index in [0.717, 1.165) is 36.1 Å². The van der Waals surface area contributed by atoms with E-state index in [1.165, 1.54) is 6.42 Å². The van der Waals surface area contributed by atoms with E-state index >= 15 is 0 Å². The molecule has 4 heterocycles. The molecule has 1 aliphatic carbocycles. The standard InChI is InChI=1S/C29H32ClN3O4S/c1-28-13-14-29(37-28)23(22(28)25(34)31-16-21-8-5-15-38-21)27(36)33(17-18-9-11-19(30)12-10-18)24(29)26(35)32-20-6-3-2-4-7-20/h5,8-15,20,22-24H,2-4,6-7,16-17H2,1H3,(H,31,34)(H,32,35)/t22-,23+,24-,28+,29+/m1/s1. The van der Waals surface area contributed by atoms with Crippen molar-refractivity contribution in [3.8, 4) is 0 Å². The Bertz CT molecular complexity index is 1260. The first-order valence-corrected chi connectivity index (χ1v) is 14.6. The van der Waals surface area contributed by atoms with E-state index in [9.17, 15) is 14.4 Å². The van der Waals surface area contributed by atoms with Gasteiger partial charge in [0.2, 0.25) is 17.7 Å². The van der Waals surface area contributed by atoms with Crippen molar-refractivity contribution in [2.75, 3.05) is 0 Å². The number of nitrogens with one attached hydrogen (secondary N) is 2. The molecular formula is C29H32ClN3O4S. The lowest BCUT2D eigenvalue weighted by Crippen LogP contribution is -2.56. The van der Waals surface area contributed by atoms with Crippen molar-refractivity contribution in [2.45, 2.75) is 75.4 Å². The summed E-state index contributed by atoms with van der Waals surface area (Å²) < 4.78 is 6.61. The number of carbonyl (C=O) groups is 3. The van der Waals surface area contributed by atoms with E-state index in [0.29, 0.717) is 11.6 Å². The van der Waals surface area contributed by atoms with E-state index in [1.807, 2.05) is 48.7 Å². The second kappa shape index (κ2) is 9.81. The Morgan fingerprint density at radius 2 is 1.87 bits per heavy atom. The average molecular weight is 554 g/mol. The van der Waals surface area contributed by atoms with E-state index < -0.39 is 29.1 Å². The number of benzene rings is 1. The molecule has 7 nitrogen and oxygen atoms in total. The predicted molar refractivity (Wildman–Crippen MR) is 145 cm³/mol. The second-order valence-electron chi connectivity index (χ2n) is 11.1. The van der Waals surface area contributed by atoms with Crippen molar-refractivity contribution in [1.29, 1.82) is 0 Å². The maximum Gasteiger partial charge on any atom is 0.246 e. The van der Waals surface area contributed by atoms with Crippen LogP contribution < -0.4 is 10.6 Å². The normalized spacial score (nSPS) is 32.0. The molecule has 1 aromatic carbocycles. The summed E-state index contributed by atoms with van der Waals surface area (Å²) in [6.45, 7) is 2.47. The Kier molecular flexibility index (Phi) is 6.61. The van der Waals surface area contributed by atoms with Crippen molar-refractivity contribution >= 4 is 40.7 Å². The zero-order valence-corrected chi connectivity index (χ0v) is 22.9. The van der Waals surface area contributed by atoms with Gasteiger partial charge in [-0.1, -0.05) is 61.2 Å². The lowest BCUT2D eigenvalue weighted by atomic mass is 9.70. The molecule has 2 aromatic rings. The van der Waals surface area contributed by atoms with Crippen molar-refractivity contribution in [2.24, 2.45) is 11.8 Å². The highest BCUT2D eigenvalue weighted by molar-refractivity contribution is 7.09. The molecule has 5 atom stereocenters. The molecule has 0 radical (unpaired) electrons. The number of hydrogen-bond donors (Lipinski definition) is 2. The smallest absolute Gasteiger partial charge is 0.246 e.